The molecule has 0 saturated carbocycles. The number of benzene rings is 3. The third kappa shape index (κ3) is 9.43. The summed E-state index contributed by atoms with van der Waals surface area (Å²) < 4.78 is 54.6. The van der Waals surface area contributed by atoms with Gasteiger partial charge in [-0.2, -0.15) is 20.2 Å². The zero-order valence-electron chi connectivity index (χ0n) is 32.3. The van der Waals surface area contributed by atoms with E-state index < -0.39 is 10.1 Å². The molecule has 2 heterocycles. The average Bonchev–Trinajstić information content (AvgIpc) is 3.16. The van der Waals surface area contributed by atoms with E-state index in [0.717, 1.165) is 68.0 Å². The number of hydrogen-bond acceptors (Lipinski definition) is 10. The summed E-state index contributed by atoms with van der Waals surface area (Å²) >= 11 is 1.88. The Hall–Kier alpha value is -2.64. The van der Waals surface area contributed by atoms with Crippen LogP contribution in [0.1, 0.15) is 54.5 Å². The molecule has 290 valence electrons. The maximum absolute atomic E-state index is 12.6. The monoisotopic (exact) mass is 766 g/mol. The standard InChI is InChI=1S/C24H31NO5S.C18H27NO2S/c1-4-12-25-15-19(16-29-31(26,27)20-10-8-17(2)9-11-20)30-24-14-21-18(13-22(24)25)6-5-7-23(21)28-3;1-4-8-19-11-14(12-22-3)21-18-10-15-13(9-16(18)19)6-5-7-17(15)20-2/h5-11,19,22,24H,4,12-16H2,1-3H3;5-7,14,16,18H,4,8-12H2,1-3H3/t19-,22-,24-;14-,16-,18-/m11/s1. The van der Waals surface area contributed by atoms with Crippen molar-refractivity contribution in [2.75, 3.05) is 59.0 Å². The number of morpholine rings is 2. The molecule has 9 nitrogen and oxygen atoms in total. The van der Waals surface area contributed by atoms with Gasteiger partial charge in [0, 0.05) is 43.8 Å². The van der Waals surface area contributed by atoms with Crippen molar-refractivity contribution in [3.8, 4) is 11.5 Å². The molecular weight excluding hydrogens is 709 g/mol. The number of methoxy groups -OCH3 is 2. The van der Waals surface area contributed by atoms with Crippen LogP contribution < -0.4 is 9.47 Å². The van der Waals surface area contributed by atoms with E-state index in [4.69, 9.17) is 23.1 Å². The van der Waals surface area contributed by atoms with Crippen molar-refractivity contribution in [3.05, 3.63) is 88.5 Å². The molecule has 0 aromatic heterocycles. The molecule has 2 fully saturated rings. The Kier molecular flexibility index (Phi) is 13.8. The minimum atomic E-state index is -3.81. The van der Waals surface area contributed by atoms with Crippen molar-refractivity contribution in [2.24, 2.45) is 0 Å². The summed E-state index contributed by atoms with van der Waals surface area (Å²) in [6.45, 7) is 10.2. The largest absolute Gasteiger partial charge is 0.496 e. The minimum absolute atomic E-state index is 0.0123. The highest BCUT2D eigenvalue weighted by atomic mass is 32.2. The summed E-state index contributed by atoms with van der Waals surface area (Å²) in [5.74, 6) is 3.00. The first-order valence-electron chi connectivity index (χ1n) is 19.2. The van der Waals surface area contributed by atoms with Gasteiger partial charge in [0.1, 0.15) is 11.5 Å². The molecule has 3 aromatic carbocycles. The van der Waals surface area contributed by atoms with Crippen LogP contribution in [0.25, 0.3) is 0 Å². The van der Waals surface area contributed by atoms with E-state index in [1.807, 2.05) is 30.8 Å². The van der Waals surface area contributed by atoms with Gasteiger partial charge in [0.15, 0.2) is 0 Å². The molecule has 6 atom stereocenters. The number of hydrogen-bond donors (Lipinski definition) is 0. The molecule has 11 heteroatoms. The smallest absolute Gasteiger partial charge is 0.297 e. The van der Waals surface area contributed by atoms with Crippen LogP contribution >= 0.6 is 11.8 Å². The van der Waals surface area contributed by atoms with Crippen molar-refractivity contribution < 1.29 is 31.5 Å². The lowest BCUT2D eigenvalue weighted by molar-refractivity contribution is -0.132. The second-order valence-corrected chi connectivity index (χ2v) is 17.3. The molecule has 7 rings (SSSR count). The second-order valence-electron chi connectivity index (χ2n) is 14.7. The maximum atomic E-state index is 12.6. The van der Waals surface area contributed by atoms with Gasteiger partial charge >= 0.3 is 0 Å². The quantitative estimate of drug-likeness (QED) is 0.194. The van der Waals surface area contributed by atoms with Gasteiger partial charge in [-0.1, -0.05) is 55.8 Å². The lowest BCUT2D eigenvalue weighted by atomic mass is 9.83. The summed E-state index contributed by atoms with van der Waals surface area (Å²) in [4.78, 5) is 5.27. The van der Waals surface area contributed by atoms with E-state index in [9.17, 15) is 8.42 Å². The van der Waals surface area contributed by atoms with Gasteiger partial charge in [-0.15, -0.1) is 0 Å². The summed E-state index contributed by atoms with van der Waals surface area (Å²) in [6.07, 6.45) is 8.49. The van der Waals surface area contributed by atoms with Crippen molar-refractivity contribution >= 4 is 21.9 Å². The van der Waals surface area contributed by atoms with Gasteiger partial charge in [0.05, 0.1) is 50.1 Å². The van der Waals surface area contributed by atoms with Gasteiger partial charge in [-0.25, -0.2) is 0 Å². The second kappa shape index (κ2) is 18.3. The van der Waals surface area contributed by atoms with E-state index in [1.165, 1.54) is 35.2 Å². The Labute approximate surface area is 321 Å². The van der Waals surface area contributed by atoms with E-state index in [1.54, 1.807) is 38.5 Å². The Morgan fingerprint density at radius 1 is 0.736 bits per heavy atom. The average molecular weight is 767 g/mol. The van der Waals surface area contributed by atoms with Crippen LogP contribution in [-0.2, 0) is 49.5 Å². The van der Waals surface area contributed by atoms with Crippen molar-refractivity contribution in [2.45, 2.75) is 101 Å². The number of nitrogens with zero attached hydrogens (tertiary/aromatic N) is 2. The fraction of sp³-hybridized carbons (Fsp3) is 0.571. The molecule has 0 N–H and O–H groups in total. The molecular formula is C42H58N2O7S2. The molecule has 0 unspecified atom stereocenters. The summed E-state index contributed by atoms with van der Waals surface area (Å²) in [5.41, 5.74) is 6.29. The van der Waals surface area contributed by atoms with Gasteiger partial charge in [0.2, 0.25) is 0 Å². The van der Waals surface area contributed by atoms with E-state index in [-0.39, 0.29) is 29.8 Å². The molecule has 2 aliphatic carbocycles. The first-order chi connectivity index (χ1) is 25.7. The first-order valence-corrected chi connectivity index (χ1v) is 22.0. The number of rotatable bonds is 12. The number of aryl methyl sites for hydroxylation is 1. The van der Waals surface area contributed by atoms with Crippen LogP contribution in [0.2, 0.25) is 0 Å². The molecule has 0 spiro atoms. The fourth-order valence-electron chi connectivity index (χ4n) is 8.62. The normalized spacial score (nSPS) is 25.5. The molecule has 4 aliphatic rings. The first kappa shape index (κ1) is 40.0. The van der Waals surface area contributed by atoms with E-state index in [2.05, 4.69) is 54.2 Å². The maximum Gasteiger partial charge on any atom is 0.297 e. The van der Waals surface area contributed by atoms with Crippen LogP contribution in [0.3, 0.4) is 0 Å². The number of thioether (sulfide) groups is 1. The van der Waals surface area contributed by atoms with E-state index >= 15 is 0 Å². The van der Waals surface area contributed by atoms with Crippen LogP contribution in [-0.4, -0.2) is 114 Å². The van der Waals surface area contributed by atoms with Gasteiger partial charge in [-0.3, -0.25) is 14.0 Å². The van der Waals surface area contributed by atoms with Crippen LogP contribution in [0.15, 0.2) is 65.6 Å². The van der Waals surface area contributed by atoms with Gasteiger partial charge in [0.25, 0.3) is 10.1 Å². The Balaban J connectivity index is 0.000000192. The summed E-state index contributed by atoms with van der Waals surface area (Å²) in [5, 5.41) is 0. The van der Waals surface area contributed by atoms with E-state index in [0.29, 0.717) is 24.8 Å². The van der Waals surface area contributed by atoms with Crippen LogP contribution in [0.5, 0.6) is 11.5 Å². The SMILES string of the molecule is CCCN1C[C@H](COS(=O)(=O)c2ccc(C)cc2)O[C@@H]2Cc3c(cccc3OC)C[C@H]21.CCCN1C[C@H](CSC)O[C@@H]2Cc3c(cccc3OC)C[C@H]21. The molecule has 2 saturated heterocycles. The van der Waals surface area contributed by atoms with Crippen LogP contribution in [0, 0.1) is 6.92 Å². The molecule has 0 amide bonds. The number of fused-ring (bicyclic) bond motifs is 4. The Morgan fingerprint density at radius 3 is 1.74 bits per heavy atom. The summed E-state index contributed by atoms with van der Waals surface area (Å²) in [6, 6.07) is 20.1. The topological polar surface area (TPSA) is 86.8 Å². The highest BCUT2D eigenvalue weighted by molar-refractivity contribution is 7.98. The fourth-order valence-corrected chi connectivity index (χ4v) is 10.1. The summed E-state index contributed by atoms with van der Waals surface area (Å²) in [7, 11) is -0.352. The zero-order chi connectivity index (χ0) is 37.5. The van der Waals surface area contributed by atoms with Gasteiger partial charge in [-0.05, 0) is 98.5 Å². The number of ether oxygens (including phenoxy) is 4. The lowest BCUT2D eigenvalue weighted by Gasteiger charge is -2.47. The molecule has 0 radical (unpaired) electrons. The molecule has 53 heavy (non-hydrogen) atoms. The lowest BCUT2D eigenvalue weighted by Crippen LogP contribution is -2.59. The van der Waals surface area contributed by atoms with Gasteiger partial charge < -0.3 is 18.9 Å². The van der Waals surface area contributed by atoms with Crippen molar-refractivity contribution in [3.63, 3.8) is 0 Å². The van der Waals surface area contributed by atoms with Crippen molar-refractivity contribution in [1.82, 2.24) is 9.80 Å². The highest BCUT2D eigenvalue weighted by Crippen LogP contribution is 2.37. The Bertz CT molecular complexity index is 1750. The highest BCUT2D eigenvalue weighted by Gasteiger charge is 2.42. The predicted octanol–water partition coefficient (Wildman–Crippen LogP) is 6.36. The molecule has 2 aliphatic heterocycles. The Morgan fingerprint density at radius 2 is 1.25 bits per heavy atom. The molecule has 3 aromatic rings. The predicted molar refractivity (Wildman–Crippen MR) is 212 cm³/mol. The van der Waals surface area contributed by atoms with Crippen LogP contribution in [0.4, 0.5) is 0 Å². The minimum Gasteiger partial charge on any atom is -0.496 e. The zero-order valence-corrected chi connectivity index (χ0v) is 33.9. The third-order valence-corrected chi connectivity index (χ3v) is 13.1. The van der Waals surface area contributed by atoms with Crippen molar-refractivity contribution in [1.29, 1.82) is 0 Å². The molecule has 0 bridgehead atoms. The third-order valence-electron chi connectivity index (χ3n) is 11.1.